The Morgan fingerprint density at radius 2 is 1.55 bits per heavy atom. The molecule has 0 amide bonds. The van der Waals surface area contributed by atoms with Gasteiger partial charge < -0.3 is 24.4 Å². The number of methoxy groups -OCH3 is 1. The van der Waals surface area contributed by atoms with Crippen molar-refractivity contribution in [3.63, 3.8) is 0 Å². The minimum absolute atomic E-state index is 0.220. The smallest absolute Gasteiger partial charge is 0.161 e. The largest absolute Gasteiger partial charge is 0.493 e. The summed E-state index contributed by atoms with van der Waals surface area (Å²) in [6.45, 7) is 4.50. The second-order valence-corrected chi connectivity index (χ2v) is 8.53. The van der Waals surface area contributed by atoms with E-state index in [2.05, 4.69) is 54.0 Å². The van der Waals surface area contributed by atoms with Crippen LogP contribution < -0.4 is 9.47 Å². The Morgan fingerprint density at radius 1 is 0.839 bits per heavy atom. The van der Waals surface area contributed by atoms with Gasteiger partial charge in [-0.15, -0.1) is 0 Å². The molecule has 6 nitrogen and oxygen atoms in total. The van der Waals surface area contributed by atoms with Crippen molar-refractivity contribution in [3.05, 3.63) is 59.7 Å². The number of hydrogen-bond donors (Lipinski definition) is 1. The first-order chi connectivity index (χ1) is 14.9. The maximum Gasteiger partial charge on any atom is 0.161 e. The van der Waals surface area contributed by atoms with Crippen molar-refractivity contribution in [1.29, 1.82) is 0 Å². The van der Waals surface area contributed by atoms with Crippen LogP contribution in [-0.4, -0.2) is 87.5 Å². The van der Waals surface area contributed by atoms with E-state index in [1.807, 2.05) is 37.4 Å². The molecule has 0 saturated heterocycles. The summed E-state index contributed by atoms with van der Waals surface area (Å²) in [7, 11) is 9.97. The molecule has 0 heterocycles. The van der Waals surface area contributed by atoms with Crippen molar-refractivity contribution in [1.82, 2.24) is 14.7 Å². The van der Waals surface area contributed by atoms with Gasteiger partial charge in [0.05, 0.1) is 7.11 Å². The predicted molar refractivity (Wildman–Crippen MR) is 127 cm³/mol. The molecule has 0 aliphatic carbocycles. The lowest BCUT2D eigenvalue weighted by Gasteiger charge is -2.22. The molecule has 0 fully saturated rings. The first-order valence-electron chi connectivity index (χ1n) is 10.9. The summed E-state index contributed by atoms with van der Waals surface area (Å²) in [5.41, 5.74) is 2.39. The van der Waals surface area contributed by atoms with Crippen molar-refractivity contribution in [2.75, 3.05) is 61.5 Å². The Morgan fingerprint density at radius 3 is 2.23 bits per heavy atom. The molecule has 6 heteroatoms. The monoisotopic (exact) mass is 429 g/mol. The average molecular weight is 430 g/mol. The minimum atomic E-state index is -0.587. The third-order valence-corrected chi connectivity index (χ3v) is 5.07. The summed E-state index contributed by atoms with van der Waals surface area (Å²) < 4.78 is 11.4. The van der Waals surface area contributed by atoms with Gasteiger partial charge in [0.2, 0.25) is 0 Å². The molecule has 0 aliphatic rings. The second-order valence-electron chi connectivity index (χ2n) is 8.53. The molecule has 0 spiro atoms. The van der Waals surface area contributed by atoms with E-state index in [9.17, 15) is 5.11 Å². The van der Waals surface area contributed by atoms with Crippen LogP contribution in [0.3, 0.4) is 0 Å². The molecule has 2 aromatic carbocycles. The van der Waals surface area contributed by atoms with E-state index in [0.717, 1.165) is 32.6 Å². The van der Waals surface area contributed by atoms with Gasteiger partial charge in [-0.2, -0.15) is 0 Å². The Bertz CT molecular complexity index is 755. The lowest BCUT2D eigenvalue weighted by atomic mass is 10.2. The number of likely N-dealkylation sites (N-methyl/N-ethyl adjacent to an activating group) is 1. The SMILES string of the molecule is COc1ccc(CN(C)CCCN(C)C)cc1OC[C@@H](O)CN(C)Cc1ccccc1. The second kappa shape index (κ2) is 13.3. The van der Waals surface area contributed by atoms with Gasteiger partial charge in [0.25, 0.3) is 0 Å². The van der Waals surface area contributed by atoms with E-state index in [-0.39, 0.29) is 6.61 Å². The third kappa shape index (κ3) is 9.70. The number of benzene rings is 2. The van der Waals surface area contributed by atoms with Gasteiger partial charge in [-0.05, 0) is 71.0 Å². The maximum atomic E-state index is 10.5. The van der Waals surface area contributed by atoms with Crippen LogP contribution in [0.5, 0.6) is 11.5 Å². The highest BCUT2D eigenvalue weighted by molar-refractivity contribution is 5.43. The van der Waals surface area contributed by atoms with Gasteiger partial charge in [0, 0.05) is 19.6 Å². The molecule has 31 heavy (non-hydrogen) atoms. The van der Waals surface area contributed by atoms with Crippen LogP contribution in [-0.2, 0) is 13.1 Å². The fraction of sp³-hybridized carbons (Fsp3) is 0.520. The zero-order valence-electron chi connectivity index (χ0n) is 19.8. The van der Waals surface area contributed by atoms with Crippen molar-refractivity contribution in [2.24, 2.45) is 0 Å². The van der Waals surface area contributed by atoms with E-state index in [4.69, 9.17) is 9.47 Å². The van der Waals surface area contributed by atoms with E-state index >= 15 is 0 Å². The van der Waals surface area contributed by atoms with Crippen molar-refractivity contribution >= 4 is 0 Å². The molecule has 0 bridgehead atoms. The van der Waals surface area contributed by atoms with Crippen molar-refractivity contribution < 1.29 is 14.6 Å². The first kappa shape index (κ1) is 25.1. The molecule has 0 saturated carbocycles. The fourth-order valence-corrected chi connectivity index (χ4v) is 3.54. The minimum Gasteiger partial charge on any atom is -0.493 e. The zero-order valence-corrected chi connectivity index (χ0v) is 19.8. The third-order valence-electron chi connectivity index (χ3n) is 5.07. The van der Waals surface area contributed by atoms with E-state index in [1.54, 1.807) is 7.11 Å². The number of aliphatic hydroxyl groups excluding tert-OH is 1. The topological polar surface area (TPSA) is 48.4 Å². The van der Waals surface area contributed by atoms with Crippen LogP contribution in [0.1, 0.15) is 17.5 Å². The summed E-state index contributed by atoms with van der Waals surface area (Å²) in [5.74, 6) is 1.36. The van der Waals surface area contributed by atoms with Crippen LogP contribution in [0.15, 0.2) is 48.5 Å². The Labute approximate surface area is 188 Å². The van der Waals surface area contributed by atoms with Gasteiger partial charge in [-0.1, -0.05) is 36.4 Å². The Hall–Kier alpha value is -2.12. The summed E-state index contributed by atoms with van der Waals surface area (Å²) in [5, 5.41) is 10.5. The molecule has 1 N–H and O–H groups in total. The summed E-state index contributed by atoms with van der Waals surface area (Å²) in [4.78, 5) is 6.61. The first-order valence-corrected chi connectivity index (χ1v) is 10.9. The zero-order chi connectivity index (χ0) is 22.6. The lowest BCUT2D eigenvalue weighted by molar-refractivity contribution is 0.0732. The average Bonchev–Trinajstić information content (AvgIpc) is 2.72. The van der Waals surface area contributed by atoms with Crippen LogP contribution in [0, 0.1) is 0 Å². The summed E-state index contributed by atoms with van der Waals surface area (Å²) in [6.07, 6.45) is 0.543. The number of ether oxygens (including phenoxy) is 2. The molecule has 2 aromatic rings. The molecule has 0 aromatic heterocycles. The molecule has 0 radical (unpaired) electrons. The van der Waals surface area contributed by atoms with Gasteiger partial charge >= 0.3 is 0 Å². The number of nitrogens with zero attached hydrogens (tertiary/aromatic N) is 3. The summed E-state index contributed by atoms with van der Waals surface area (Å²) in [6, 6.07) is 16.3. The molecule has 0 unspecified atom stereocenters. The van der Waals surface area contributed by atoms with E-state index in [0.29, 0.717) is 18.0 Å². The van der Waals surface area contributed by atoms with Gasteiger partial charge in [-0.25, -0.2) is 0 Å². The van der Waals surface area contributed by atoms with Crippen molar-refractivity contribution in [2.45, 2.75) is 25.6 Å². The maximum absolute atomic E-state index is 10.5. The van der Waals surface area contributed by atoms with Crippen LogP contribution >= 0.6 is 0 Å². The van der Waals surface area contributed by atoms with E-state index in [1.165, 1.54) is 11.1 Å². The van der Waals surface area contributed by atoms with Crippen LogP contribution in [0.25, 0.3) is 0 Å². The highest BCUT2D eigenvalue weighted by Crippen LogP contribution is 2.28. The predicted octanol–water partition coefficient (Wildman–Crippen LogP) is 2.95. The number of aliphatic hydroxyl groups is 1. The normalized spacial score (nSPS) is 12.5. The van der Waals surface area contributed by atoms with Crippen LogP contribution in [0.4, 0.5) is 0 Å². The quantitative estimate of drug-likeness (QED) is 0.498. The molecule has 0 aliphatic heterocycles. The van der Waals surface area contributed by atoms with Gasteiger partial charge in [-0.3, -0.25) is 4.90 Å². The Balaban J connectivity index is 1.85. The Kier molecular flexibility index (Phi) is 10.8. The van der Waals surface area contributed by atoms with E-state index < -0.39 is 6.10 Å². The van der Waals surface area contributed by atoms with Gasteiger partial charge in [0.15, 0.2) is 11.5 Å². The van der Waals surface area contributed by atoms with Gasteiger partial charge in [0.1, 0.15) is 12.7 Å². The highest BCUT2D eigenvalue weighted by atomic mass is 16.5. The fourth-order valence-electron chi connectivity index (χ4n) is 3.54. The molecule has 1 atom stereocenters. The molecular formula is C25H39N3O3. The molecular weight excluding hydrogens is 390 g/mol. The summed E-state index contributed by atoms with van der Waals surface area (Å²) >= 11 is 0. The highest BCUT2D eigenvalue weighted by Gasteiger charge is 2.13. The number of hydrogen-bond acceptors (Lipinski definition) is 6. The molecule has 2 rings (SSSR count). The lowest BCUT2D eigenvalue weighted by Crippen LogP contribution is -2.32. The van der Waals surface area contributed by atoms with Crippen LogP contribution in [0.2, 0.25) is 0 Å². The number of rotatable bonds is 14. The molecule has 172 valence electrons. The van der Waals surface area contributed by atoms with Crippen molar-refractivity contribution in [3.8, 4) is 11.5 Å². The standard InChI is InChI=1S/C25H39N3O3/c1-26(2)14-9-15-27(3)18-22-12-13-24(30-5)25(16-22)31-20-23(29)19-28(4)17-21-10-7-6-8-11-21/h6-8,10-13,16,23,29H,9,14-15,17-20H2,1-5H3/t23-/m0/s1.